The highest BCUT2D eigenvalue weighted by Crippen LogP contribution is 2.23. The molecular weight excluding hydrogens is 329 g/mol. The Morgan fingerprint density at radius 2 is 1.76 bits per heavy atom. The molecule has 0 aliphatic heterocycles. The summed E-state index contributed by atoms with van der Waals surface area (Å²) >= 11 is 2.22. The topological polar surface area (TPSA) is 52.3 Å². The van der Waals surface area contributed by atoms with Gasteiger partial charge >= 0.3 is 0 Å². The summed E-state index contributed by atoms with van der Waals surface area (Å²) in [5.74, 6) is 1.01. The second-order valence-corrected chi connectivity index (χ2v) is 4.69. The van der Waals surface area contributed by atoms with E-state index < -0.39 is 5.91 Å². The van der Waals surface area contributed by atoms with Gasteiger partial charge in [0.25, 0.3) is 0 Å². The normalized spacial score (nSPS) is 9.94. The van der Waals surface area contributed by atoms with Crippen LogP contribution in [0.4, 0.5) is 0 Å². The summed E-state index contributed by atoms with van der Waals surface area (Å²) in [5.41, 5.74) is 5.63. The molecule has 0 bridgehead atoms. The number of hydrogen-bond donors (Lipinski definition) is 1. The van der Waals surface area contributed by atoms with Crippen molar-refractivity contribution in [2.75, 3.05) is 0 Å². The summed E-state index contributed by atoms with van der Waals surface area (Å²) in [7, 11) is 0. The lowest BCUT2D eigenvalue weighted by molar-refractivity contribution is 0.100. The van der Waals surface area contributed by atoms with E-state index in [1.807, 2.05) is 24.3 Å². The summed E-state index contributed by atoms with van der Waals surface area (Å²) in [6.45, 7) is 0. The van der Waals surface area contributed by atoms with Gasteiger partial charge in [0.1, 0.15) is 11.5 Å². The molecule has 3 nitrogen and oxygen atoms in total. The van der Waals surface area contributed by atoms with Crippen LogP contribution in [-0.4, -0.2) is 5.91 Å². The van der Waals surface area contributed by atoms with E-state index in [1.54, 1.807) is 24.3 Å². The van der Waals surface area contributed by atoms with Crippen LogP contribution < -0.4 is 10.5 Å². The van der Waals surface area contributed by atoms with Crippen molar-refractivity contribution >= 4 is 28.5 Å². The lowest BCUT2D eigenvalue weighted by Crippen LogP contribution is -2.10. The molecule has 4 heteroatoms. The summed E-state index contributed by atoms with van der Waals surface area (Å²) in [5, 5.41) is 0. The largest absolute Gasteiger partial charge is 0.457 e. The average Bonchev–Trinajstić information content (AvgIpc) is 2.29. The molecule has 0 saturated carbocycles. The van der Waals surface area contributed by atoms with Gasteiger partial charge in [-0.25, -0.2) is 0 Å². The number of nitrogens with two attached hydrogens (primary N) is 1. The number of ether oxygens (including phenoxy) is 1. The maximum absolute atomic E-state index is 10.9. The quantitative estimate of drug-likeness (QED) is 0.874. The maximum atomic E-state index is 10.9. The Bertz CT molecular complexity index is 537. The van der Waals surface area contributed by atoms with E-state index in [9.17, 15) is 4.79 Å². The molecule has 0 atom stereocenters. The van der Waals surface area contributed by atoms with Crippen LogP contribution in [0.1, 0.15) is 10.4 Å². The molecule has 2 rings (SSSR count). The maximum Gasteiger partial charge on any atom is 0.248 e. The number of benzene rings is 2. The predicted molar refractivity (Wildman–Crippen MR) is 74.2 cm³/mol. The molecular formula is C13H10INO2. The van der Waals surface area contributed by atoms with Gasteiger partial charge in [0.15, 0.2) is 0 Å². The predicted octanol–water partition coefficient (Wildman–Crippen LogP) is 3.18. The van der Waals surface area contributed by atoms with E-state index in [0.717, 1.165) is 9.32 Å². The van der Waals surface area contributed by atoms with Gasteiger partial charge in [-0.2, -0.15) is 0 Å². The minimum absolute atomic E-state index is 0.439. The number of hydrogen-bond acceptors (Lipinski definition) is 2. The lowest BCUT2D eigenvalue weighted by atomic mass is 10.2. The molecule has 2 aromatic carbocycles. The van der Waals surface area contributed by atoms with Gasteiger partial charge in [-0.3, -0.25) is 4.79 Å². The molecule has 86 valence electrons. The first-order chi connectivity index (χ1) is 8.15. The van der Waals surface area contributed by atoms with Crippen molar-refractivity contribution in [1.29, 1.82) is 0 Å². The van der Waals surface area contributed by atoms with Crippen molar-refractivity contribution in [3.8, 4) is 11.5 Å². The highest BCUT2D eigenvalue weighted by Gasteiger charge is 2.01. The molecule has 0 aliphatic rings. The molecule has 0 unspecified atom stereocenters. The Morgan fingerprint density at radius 1 is 1.06 bits per heavy atom. The van der Waals surface area contributed by atoms with E-state index in [0.29, 0.717) is 11.3 Å². The minimum Gasteiger partial charge on any atom is -0.457 e. The molecule has 17 heavy (non-hydrogen) atoms. The van der Waals surface area contributed by atoms with E-state index >= 15 is 0 Å². The zero-order chi connectivity index (χ0) is 12.3. The number of halogens is 1. The molecule has 0 heterocycles. The number of primary amides is 1. The van der Waals surface area contributed by atoms with Gasteiger partial charge in [0.2, 0.25) is 5.91 Å². The van der Waals surface area contributed by atoms with Crippen LogP contribution >= 0.6 is 22.6 Å². The third kappa shape index (κ3) is 3.20. The highest BCUT2D eigenvalue weighted by atomic mass is 127. The van der Waals surface area contributed by atoms with Gasteiger partial charge in [-0.1, -0.05) is 6.07 Å². The number of rotatable bonds is 3. The fourth-order valence-corrected chi connectivity index (χ4v) is 1.87. The fraction of sp³-hybridized carbons (Fsp3) is 0. The van der Waals surface area contributed by atoms with Crippen molar-refractivity contribution in [2.24, 2.45) is 5.73 Å². The van der Waals surface area contributed by atoms with Gasteiger partial charge < -0.3 is 10.5 Å². The standard InChI is InChI=1S/C13H10INO2/c14-10-2-1-3-12(8-10)17-11-6-4-9(5-7-11)13(15)16/h1-8H,(H2,15,16). The van der Waals surface area contributed by atoms with Crippen LogP contribution in [0.5, 0.6) is 11.5 Å². The summed E-state index contributed by atoms with van der Waals surface area (Å²) in [4.78, 5) is 10.9. The van der Waals surface area contributed by atoms with Crippen molar-refractivity contribution < 1.29 is 9.53 Å². The van der Waals surface area contributed by atoms with Crippen LogP contribution in [0.15, 0.2) is 48.5 Å². The third-order valence-corrected chi connectivity index (χ3v) is 2.84. The SMILES string of the molecule is NC(=O)c1ccc(Oc2cccc(I)c2)cc1. The molecule has 2 N–H and O–H groups in total. The minimum atomic E-state index is -0.439. The van der Waals surface area contributed by atoms with E-state index in [4.69, 9.17) is 10.5 Å². The Kier molecular flexibility index (Phi) is 3.63. The second-order valence-electron chi connectivity index (χ2n) is 3.45. The summed E-state index contributed by atoms with van der Waals surface area (Å²) in [6, 6.07) is 14.5. The molecule has 0 saturated heterocycles. The highest BCUT2D eigenvalue weighted by molar-refractivity contribution is 14.1. The van der Waals surface area contributed by atoms with Crippen LogP contribution in [0.3, 0.4) is 0 Å². The van der Waals surface area contributed by atoms with Gasteiger partial charge in [-0.05, 0) is 65.1 Å². The van der Waals surface area contributed by atoms with Crippen molar-refractivity contribution in [1.82, 2.24) is 0 Å². The van der Waals surface area contributed by atoms with Gasteiger partial charge in [0.05, 0.1) is 0 Å². The zero-order valence-corrected chi connectivity index (χ0v) is 11.0. The molecule has 2 aromatic rings. The van der Waals surface area contributed by atoms with Gasteiger partial charge in [0, 0.05) is 9.13 Å². The van der Waals surface area contributed by atoms with E-state index in [-0.39, 0.29) is 0 Å². The van der Waals surface area contributed by atoms with E-state index in [1.165, 1.54) is 0 Å². The van der Waals surface area contributed by atoms with Crippen LogP contribution in [-0.2, 0) is 0 Å². The first kappa shape index (κ1) is 11.9. The van der Waals surface area contributed by atoms with Crippen LogP contribution in [0.2, 0.25) is 0 Å². The fourth-order valence-electron chi connectivity index (χ4n) is 1.35. The first-order valence-electron chi connectivity index (χ1n) is 4.98. The molecule has 0 radical (unpaired) electrons. The summed E-state index contributed by atoms with van der Waals surface area (Å²) < 4.78 is 6.74. The molecule has 0 aliphatic carbocycles. The summed E-state index contributed by atoms with van der Waals surface area (Å²) in [6.07, 6.45) is 0. The molecule has 0 spiro atoms. The van der Waals surface area contributed by atoms with E-state index in [2.05, 4.69) is 22.6 Å². The average molecular weight is 339 g/mol. The van der Waals surface area contributed by atoms with Gasteiger partial charge in [-0.15, -0.1) is 0 Å². The Hall–Kier alpha value is -1.56. The molecule has 0 aromatic heterocycles. The Morgan fingerprint density at radius 3 is 2.35 bits per heavy atom. The second kappa shape index (κ2) is 5.18. The lowest BCUT2D eigenvalue weighted by Gasteiger charge is -2.06. The number of amides is 1. The zero-order valence-electron chi connectivity index (χ0n) is 8.89. The molecule has 0 fully saturated rings. The van der Waals surface area contributed by atoms with Crippen molar-refractivity contribution in [2.45, 2.75) is 0 Å². The third-order valence-electron chi connectivity index (χ3n) is 2.17. The molecule has 1 amide bonds. The Labute approximate surface area is 113 Å². The van der Waals surface area contributed by atoms with Crippen LogP contribution in [0, 0.1) is 3.57 Å². The Balaban J connectivity index is 2.16. The monoisotopic (exact) mass is 339 g/mol. The van der Waals surface area contributed by atoms with Crippen molar-refractivity contribution in [3.05, 3.63) is 57.7 Å². The number of carbonyl (C=O) groups excluding carboxylic acids is 1. The van der Waals surface area contributed by atoms with Crippen molar-refractivity contribution in [3.63, 3.8) is 0 Å². The first-order valence-corrected chi connectivity index (χ1v) is 6.06. The smallest absolute Gasteiger partial charge is 0.248 e. The number of carbonyl (C=O) groups is 1. The van der Waals surface area contributed by atoms with Crippen LogP contribution in [0.25, 0.3) is 0 Å².